The number of rotatable bonds is 9. The van der Waals surface area contributed by atoms with E-state index in [2.05, 4.69) is 4.74 Å². The summed E-state index contributed by atoms with van der Waals surface area (Å²) in [5.74, 6) is -8.05. The third-order valence-electron chi connectivity index (χ3n) is 4.54. The Kier molecular flexibility index (Phi) is 7.83. The molecular formula is C24H16F6O4. The summed E-state index contributed by atoms with van der Waals surface area (Å²) in [4.78, 5) is 12.3. The predicted octanol–water partition coefficient (Wildman–Crippen LogP) is 6.33. The van der Waals surface area contributed by atoms with Crippen molar-refractivity contribution in [2.24, 2.45) is 0 Å². The van der Waals surface area contributed by atoms with Gasteiger partial charge in [-0.3, -0.25) is 4.79 Å². The van der Waals surface area contributed by atoms with Crippen LogP contribution in [0.3, 0.4) is 0 Å². The van der Waals surface area contributed by atoms with E-state index in [4.69, 9.17) is 9.47 Å². The van der Waals surface area contributed by atoms with Gasteiger partial charge in [-0.2, -0.15) is 17.6 Å². The second-order valence-corrected chi connectivity index (χ2v) is 6.76. The van der Waals surface area contributed by atoms with Crippen molar-refractivity contribution in [3.8, 4) is 17.2 Å². The molecule has 0 aliphatic carbocycles. The molecule has 0 amide bonds. The van der Waals surface area contributed by atoms with E-state index >= 15 is 0 Å². The molecule has 34 heavy (non-hydrogen) atoms. The smallest absolute Gasteiger partial charge is 0.387 e. The molecule has 3 aromatic rings. The van der Waals surface area contributed by atoms with E-state index in [-0.39, 0.29) is 28.7 Å². The summed E-state index contributed by atoms with van der Waals surface area (Å²) in [6.07, 6.45) is 2.65. The van der Waals surface area contributed by atoms with Crippen LogP contribution < -0.4 is 14.2 Å². The van der Waals surface area contributed by atoms with E-state index in [1.807, 2.05) is 0 Å². The van der Waals surface area contributed by atoms with Gasteiger partial charge in [0.05, 0.1) is 7.11 Å². The summed E-state index contributed by atoms with van der Waals surface area (Å²) >= 11 is 0. The molecule has 178 valence electrons. The highest BCUT2D eigenvalue weighted by molar-refractivity contribution is 6.06. The average molecular weight is 482 g/mol. The van der Waals surface area contributed by atoms with Crippen molar-refractivity contribution >= 4 is 11.9 Å². The molecule has 0 aliphatic rings. The molecule has 0 aromatic heterocycles. The van der Waals surface area contributed by atoms with E-state index in [0.29, 0.717) is 5.56 Å². The van der Waals surface area contributed by atoms with Crippen LogP contribution in [0.25, 0.3) is 6.08 Å². The number of benzene rings is 3. The molecule has 0 atom stereocenters. The fraction of sp³-hybridized carbons (Fsp3) is 0.125. The SMILES string of the molecule is COc1ccc(/C=C/C(=O)c2ccc(OC(F)F)cc2)cc1COc1c(F)c(F)cc(F)c1F. The fourth-order valence-electron chi connectivity index (χ4n) is 2.91. The van der Waals surface area contributed by atoms with Gasteiger partial charge in [0, 0.05) is 17.2 Å². The van der Waals surface area contributed by atoms with Gasteiger partial charge in [0.1, 0.15) is 18.1 Å². The Morgan fingerprint density at radius 3 is 2.18 bits per heavy atom. The first kappa shape index (κ1) is 24.7. The number of alkyl halides is 2. The molecule has 3 aromatic carbocycles. The third kappa shape index (κ3) is 5.89. The molecule has 3 rings (SSSR count). The van der Waals surface area contributed by atoms with Crippen LogP contribution in [0.4, 0.5) is 26.3 Å². The molecular weight excluding hydrogens is 466 g/mol. The number of carbonyl (C=O) groups excluding carboxylic acids is 1. The van der Waals surface area contributed by atoms with Crippen LogP contribution >= 0.6 is 0 Å². The third-order valence-corrected chi connectivity index (χ3v) is 4.54. The van der Waals surface area contributed by atoms with Crippen molar-refractivity contribution in [2.75, 3.05) is 7.11 Å². The van der Waals surface area contributed by atoms with Crippen LogP contribution in [-0.2, 0) is 6.61 Å². The van der Waals surface area contributed by atoms with Crippen molar-refractivity contribution < 1.29 is 45.3 Å². The first-order valence-electron chi connectivity index (χ1n) is 9.59. The molecule has 0 aliphatic heterocycles. The molecule has 10 heteroatoms. The topological polar surface area (TPSA) is 44.8 Å². The van der Waals surface area contributed by atoms with Gasteiger partial charge in [-0.05, 0) is 48.0 Å². The van der Waals surface area contributed by atoms with Gasteiger partial charge in [0.15, 0.2) is 23.2 Å². The fourth-order valence-corrected chi connectivity index (χ4v) is 2.91. The van der Waals surface area contributed by atoms with Gasteiger partial charge in [-0.15, -0.1) is 0 Å². The Bertz CT molecular complexity index is 1180. The van der Waals surface area contributed by atoms with Gasteiger partial charge >= 0.3 is 6.61 Å². The van der Waals surface area contributed by atoms with Crippen LogP contribution in [0, 0.1) is 23.3 Å². The van der Waals surface area contributed by atoms with Crippen LogP contribution in [0.15, 0.2) is 54.6 Å². The Hall–Kier alpha value is -3.95. The summed E-state index contributed by atoms with van der Waals surface area (Å²) < 4.78 is 93.2. The molecule has 0 fully saturated rings. The first-order chi connectivity index (χ1) is 16.2. The quantitative estimate of drug-likeness (QED) is 0.155. The number of methoxy groups -OCH3 is 1. The molecule has 0 N–H and O–H groups in total. The number of hydrogen-bond donors (Lipinski definition) is 0. The summed E-state index contributed by atoms with van der Waals surface area (Å²) in [5, 5.41) is 0. The minimum absolute atomic E-state index is 0.0694. The molecule has 0 bridgehead atoms. The molecule has 0 saturated heterocycles. The molecule has 4 nitrogen and oxygen atoms in total. The van der Waals surface area contributed by atoms with Crippen molar-refractivity contribution in [3.05, 3.63) is 94.6 Å². The summed E-state index contributed by atoms with van der Waals surface area (Å²) in [6.45, 7) is -3.48. The van der Waals surface area contributed by atoms with E-state index in [0.717, 1.165) is 0 Å². The zero-order chi connectivity index (χ0) is 24.8. The van der Waals surface area contributed by atoms with Crippen LogP contribution in [-0.4, -0.2) is 19.5 Å². The Morgan fingerprint density at radius 2 is 1.59 bits per heavy atom. The number of allylic oxidation sites excluding steroid dienone is 1. The lowest BCUT2D eigenvalue weighted by molar-refractivity contribution is -0.0498. The van der Waals surface area contributed by atoms with Gasteiger partial charge in [0.25, 0.3) is 0 Å². The van der Waals surface area contributed by atoms with Crippen molar-refractivity contribution in [1.29, 1.82) is 0 Å². The van der Waals surface area contributed by atoms with E-state index in [1.165, 1.54) is 55.7 Å². The van der Waals surface area contributed by atoms with E-state index < -0.39 is 48.0 Å². The second kappa shape index (κ2) is 10.8. The molecule has 0 heterocycles. The largest absolute Gasteiger partial charge is 0.496 e. The Labute approximate surface area is 190 Å². The molecule has 0 unspecified atom stereocenters. The van der Waals surface area contributed by atoms with E-state index in [1.54, 1.807) is 6.07 Å². The zero-order valence-corrected chi connectivity index (χ0v) is 17.5. The zero-order valence-electron chi connectivity index (χ0n) is 17.5. The molecule has 0 spiro atoms. The maximum atomic E-state index is 13.8. The normalized spacial score (nSPS) is 11.2. The van der Waals surface area contributed by atoms with Crippen LogP contribution in [0.1, 0.15) is 21.5 Å². The van der Waals surface area contributed by atoms with Gasteiger partial charge in [0.2, 0.25) is 11.6 Å². The van der Waals surface area contributed by atoms with Crippen molar-refractivity contribution in [3.63, 3.8) is 0 Å². The standard InChI is InChI=1S/C24H16F6O4/c1-32-20-9-3-13(2-8-19(31)14-4-6-16(7-5-14)34-24(29)30)10-15(20)12-33-23-21(27)17(25)11-18(26)22(23)28/h2-11,24H,12H2,1H3/b8-2+. The summed E-state index contributed by atoms with van der Waals surface area (Å²) in [7, 11) is 1.34. The monoisotopic (exact) mass is 482 g/mol. The lowest BCUT2D eigenvalue weighted by Crippen LogP contribution is -2.05. The van der Waals surface area contributed by atoms with Crippen molar-refractivity contribution in [2.45, 2.75) is 13.2 Å². The summed E-state index contributed by atoms with van der Waals surface area (Å²) in [6, 6.07) is 9.71. The van der Waals surface area contributed by atoms with Gasteiger partial charge in [-0.1, -0.05) is 12.1 Å². The highest BCUT2D eigenvalue weighted by atomic mass is 19.3. The van der Waals surface area contributed by atoms with Gasteiger partial charge < -0.3 is 14.2 Å². The number of carbonyl (C=O) groups is 1. The number of halogens is 6. The first-order valence-corrected chi connectivity index (χ1v) is 9.59. The number of hydrogen-bond acceptors (Lipinski definition) is 4. The predicted molar refractivity (Wildman–Crippen MR) is 110 cm³/mol. The number of ether oxygens (including phenoxy) is 3. The van der Waals surface area contributed by atoms with Crippen LogP contribution in [0.5, 0.6) is 17.2 Å². The van der Waals surface area contributed by atoms with Gasteiger partial charge in [-0.25, -0.2) is 8.78 Å². The number of ketones is 1. The Morgan fingerprint density at radius 1 is 0.941 bits per heavy atom. The maximum absolute atomic E-state index is 13.8. The lowest BCUT2D eigenvalue weighted by atomic mass is 10.1. The maximum Gasteiger partial charge on any atom is 0.387 e. The van der Waals surface area contributed by atoms with Crippen LogP contribution in [0.2, 0.25) is 0 Å². The lowest BCUT2D eigenvalue weighted by Gasteiger charge is -2.13. The second-order valence-electron chi connectivity index (χ2n) is 6.76. The van der Waals surface area contributed by atoms with E-state index in [9.17, 15) is 31.1 Å². The molecule has 0 saturated carbocycles. The minimum atomic E-state index is -2.98. The summed E-state index contributed by atoms with van der Waals surface area (Å²) in [5.41, 5.74) is 0.958. The molecule has 0 radical (unpaired) electrons. The average Bonchev–Trinajstić information content (AvgIpc) is 2.81. The minimum Gasteiger partial charge on any atom is -0.496 e. The highest BCUT2D eigenvalue weighted by Gasteiger charge is 2.21. The Balaban J connectivity index is 1.76. The highest BCUT2D eigenvalue weighted by Crippen LogP contribution is 2.29. The van der Waals surface area contributed by atoms with Crippen molar-refractivity contribution in [1.82, 2.24) is 0 Å².